The lowest BCUT2D eigenvalue weighted by atomic mass is 9.69. The standard InChI is InChI=1S/C17H21NO6/c1-3-24-16(20)17(10-6-9-15(17)19)13(11-18(21)22)12-7-4-5-8-14(12)23-2/h4-5,7-8,13H,3,6,9-11H2,1-2H3/t13-,17?/m0/s1. The van der Waals surface area contributed by atoms with Gasteiger partial charge in [0.05, 0.1) is 19.6 Å². The number of benzene rings is 1. The fourth-order valence-electron chi connectivity index (χ4n) is 3.50. The molecule has 1 fully saturated rings. The first kappa shape index (κ1) is 17.9. The van der Waals surface area contributed by atoms with E-state index in [9.17, 15) is 19.7 Å². The molecular weight excluding hydrogens is 314 g/mol. The SMILES string of the molecule is CCOC(=O)C1([C@@H](C[N+](=O)[O-])c2ccccc2OC)CCCC1=O. The van der Waals surface area contributed by atoms with E-state index in [-0.39, 0.29) is 25.2 Å². The zero-order valence-electron chi connectivity index (χ0n) is 13.8. The van der Waals surface area contributed by atoms with Crippen molar-refractivity contribution < 1.29 is 24.0 Å². The van der Waals surface area contributed by atoms with Crippen molar-refractivity contribution in [2.75, 3.05) is 20.3 Å². The first-order valence-electron chi connectivity index (χ1n) is 7.92. The van der Waals surface area contributed by atoms with Crippen LogP contribution in [-0.4, -0.2) is 36.9 Å². The maximum atomic E-state index is 12.7. The highest BCUT2D eigenvalue weighted by molar-refractivity contribution is 6.06. The molecule has 0 radical (unpaired) electrons. The van der Waals surface area contributed by atoms with Gasteiger partial charge in [0.25, 0.3) is 0 Å². The quantitative estimate of drug-likeness (QED) is 0.328. The lowest BCUT2D eigenvalue weighted by Gasteiger charge is -2.32. The maximum Gasteiger partial charge on any atom is 0.320 e. The highest BCUT2D eigenvalue weighted by Gasteiger charge is 2.58. The molecular formula is C17H21NO6. The molecule has 0 aliphatic heterocycles. The van der Waals surface area contributed by atoms with Crippen LogP contribution in [0.3, 0.4) is 0 Å². The van der Waals surface area contributed by atoms with Gasteiger partial charge in [-0.25, -0.2) is 0 Å². The molecule has 1 aromatic carbocycles. The molecule has 2 atom stereocenters. The Hall–Kier alpha value is -2.44. The Morgan fingerprint density at radius 2 is 2.12 bits per heavy atom. The van der Waals surface area contributed by atoms with E-state index in [1.165, 1.54) is 7.11 Å². The summed E-state index contributed by atoms with van der Waals surface area (Å²) in [4.78, 5) is 36.1. The fourth-order valence-corrected chi connectivity index (χ4v) is 3.50. The van der Waals surface area contributed by atoms with Crippen molar-refractivity contribution in [3.63, 3.8) is 0 Å². The van der Waals surface area contributed by atoms with Gasteiger partial charge in [-0.1, -0.05) is 18.2 Å². The fraction of sp³-hybridized carbons (Fsp3) is 0.529. The third-order valence-corrected chi connectivity index (χ3v) is 4.55. The smallest absolute Gasteiger partial charge is 0.320 e. The highest BCUT2D eigenvalue weighted by Crippen LogP contribution is 2.49. The topological polar surface area (TPSA) is 95.7 Å². The molecule has 2 rings (SSSR count). The number of carbonyl (C=O) groups excluding carboxylic acids is 2. The number of nitrogens with zero attached hydrogens (tertiary/aromatic N) is 1. The van der Waals surface area contributed by atoms with Gasteiger partial charge < -0.3 is 9.47 Å². The van der Waals surface area contributed by atoms with Gasteiger partial charge in [-0.3, -0.25) is 19.7 Å². The minimum atomic E-state index is -1.52. The number of hydrogen-bond acceptors (Lipinski definition) is 6. The molecule has 1 unspecified atom stereocenters. The molecule has 7 nitrogen and oxygen atoms in total. The van der Waals surface area contributed by atoms with E-state index in [1.54, 1.807) is 31.2 Å². The summed E-state index contributed by atoms with van der Waals surface area (Å²) in [6, 6.07) is 6.78. The Morgan fingerprint density at radius 3 is 2.67 bits per heavy atom. The average molecular weight is 335 g/mol. The number of esters is 1. The predicted octanol–water partition coefficient (Wildman–Crippen LogP) is 2.36. The van der Waals surface area contributed by atoms with Crippen LogP contribution in [0.2, 0.25) is 0 Å². The van der Waals surface area contributed by atoms with Gasteiger partial charge in [0.1, 0.15) is 11.2 Å². The van der Waals surface area contributed by atoms with Crippen molar-refractivity contribution in [3.8, 4) is 5.75 Å². The molecule has 0 amide bonds. The summed E-state index contributed by atoms with van der Waals surface area (Å²) in [6.45, 7) is 1.23. The molecule has 130 valence electrons. The van der Waals surface area contributed by atoms with Crippen LogP contribution >= 0.6 is 0 Å². The van der Waals surface area contributed by atoms with Crippen molar-refractivity contribution in [1.82, 2.24) is 0 Å². The summed E-state index contributed by atoms with van der Waals surface area (Å²) in [7, 11) is 1.45. The first-order valence-corrected chi connectivity index (χ1v) is 7.92. The number of hydrogen-bond donors (Lipinski definition) is 0. The number of methoxy groups -OCH3 is 1. The minimum absolute atomic E-state index is 0.116. The highest BCUT2D eigenvalue weighted by atomic mass is 16.6. The molecule has 24 heavy (non-hydrogen) atoms. The third kappa shape index (κ3) is 3.11. The van der Waals surface area contributed by atoms with E-state index >= 15 is 0 Å². The molecule has 1 aliphatic carbocycles. The molecule has 0 saturated heterocycles. The lowest BCUT2D eigenvalue weighted by molar-refractivity contribution is -0.485. The number of rotatable bonds is 7. The minimum Gasteiger partial charge on any atom is -0.496 e. The van der Waals surface area contributed by atoms with Gasteiger partial charge in [-0.2, -0.15) is 0 Å². The Morgan fingerprint density at radius 1 is 1.42 bits per heavy atom. The third-order valence-electron chi connectivity index (χ3n) is 4.55. The molecule has 0 N–H and O–H groups in total. The monoisotopic (exact) mass is 335 g/mol. The lowest BCUT2D eigenvalue weighted by Crippen LogP contribution is -2.45. The summed E-state index contributed by atoms with van der Waals surface area (Å²) in [5, 5.41) is 11.3. The van der Waals surface area contributed by atoms with E-state index in [1.807, 2.05) is 0 Å². The van der Waals surface area contributed by atoms with Gasteiger partial charge in [0.2, 0.25) is 6.54 Å². The van der Waals surface area contributed by atoms with Gasteiger partial charge >= 0.3 is 5.97 Å². The summed E-state index contributed by atoms with van der Waals surface area (Å²) < 4.78 is 10.4. The molecule has 0 bridgehead atoms. The van der Waals surface area contributed by atoms with E-state index in [4.69, 9.17) is 9.47 Å². The Balaban J connectivity index is 2.61. The second kappa shape index (κ2) is 7.42. The zero-order chi connectivity index (χ0) is 17.7. The Bertz CT molecular complexity index is 644. The number of ether oxygens (including phenoxy) is 2. The van der Waals surface area contributed by atoms with Crippen molar-refractivity contribution in [2.24, 2.45) is 5.41 Å². The van der Waals surface area contributed by atoms with Crippen molar-refractivity contribution in [2.45, 2.75) is 32.1 Å². The summed E-state index contributed by atoms with van der Waals surface area (Å²) in [6.07, 6.45) is 0.990. The Labute approximate surface area is 140 Å². The van der Waals surface area contributed by atoms with Crippen LogP contribution in [0.15, 0.2) is 24.3 Å². The average Bonchev–Trinajstić information content (AvgIpc) is 2.95. The van der Waals surface area contributed by atoms with E-state index < -0.39 is 28.8 Å². The van der Waals surface area contributed by atoms with E-state index in [0.717, 1.165) is 0 Å². The maximum absolute atomic E-state index is 12.7. The van der Waals surface area contributed by atoms with Crippen LogP contribution in [0, 0.1) is 15.5 Å². The van der Waals surface area contributed by atoms with Crippen molar-refractivity contribution in [3.05, 3.63) is 39.9 Å². The molecule has 0 spiro atoms. The van der Waals surface area contributed by atoms with Crippen LogP contribution in [0.25, 0.3) is 0 Å². The van der Waals surface area contributed by atoms with Crippen LogP contribution in [-0.2, 0) is 14.3 Å². The van der Waals surface area contributed by atoms with Gasteiger partial charge in [0, 0.05) is 16.9 Å². The molecule has 1 saturated carbocycles. The molecule has 1 aliphatic rings. The number of ketones is 1. The van der Waals surface area contributed by atoms with Crippen LogP contribution < -0.4 is 4.74 Å². The number of nitro groups is 1. The van der Waals surface area contributed by atoms with Gasteiger partial charge in [-0.05, 0) is 25.8 Å². The van der Waals surface area contributed by atoms with Crippen LogP contribution in [0.1, 0.15) is 37.7 Å². The molecule has 1 aromatic rings. The second-order valence-corrected chi connectivity index (χ2v) is 5.78. The van der Waals surface area contributed by atoms with Gasteiger partial charge in [0.15, 0.2) is 5.78 Å². The first-order chi connectivity index (χ1) is 11.5. The van der Waals surface area contributed by atoms with Crippen molar-refractivity contribution >= 4 is 11.8 Å². The number of Topliss-reactive ketones (excluding diaryl/α,β-unsaturated/α-hetero) is 1. The van der Waals surface area contributed by atoms with Crippen LogP contribution in [0.4, 0.5) is 0 Å². The van der Waals surface area contributed by atoms with E-state index in [0.29, 0.717) is 17.7 Å². The second-order valence-electron chi connectivity index (χ2n) is 5.78. The zero-order valence-corrected chi connectivity index (χ0v) is 13.8. The van der Waals surface area contributed by atoms with Crippen LogP contribution in [0.5, 0.6) is 5.75 Å². The van der Waals surface area contributed by atoms with E-state index in [2.05, 4.69) is 0 Å². The number of carbonyl (C=O) groups is 2. The molecule has 0 aromatic heterocycles. The number of para-hydroxylation sites is 1. The largest absolute Gasteiger partial charge is 0.496 e. The predicted molar refractivity (Wildman–Crippen MR) is 85.5 cm³/mol. The van der Waals surface area contributed by atoms with Gasteiger partial charge in [-0.15, -0.1) is 0 Å². The Kier molecular flexibility index (Phi) is 5.54. The normalized spacial score (nSPS) is 21.3. The molecule has 0 heterocycles. The summed E-state index contributed by atoms with van der Waals surface area (Å²) >= 11 is 0. The summed E-state index contributed by atoms with van der Waals surface area (Å²) in [5.41, 5.74) is -1.03. The summed E-state index contributed by atoms with van der Waals surface area (Å²) in [5.74, 6) is -1.46. The molecule has 7 heteroatoms. The van der Waals surface area contributed by atoms with Crippen molar-refractivity contribution in [1.29, 1.82) is 0 Å².